The molecule has 0 aromatic carbocycles. The lowest BCUT2D eigenvalue weighted by Gasteiger charge is -2.41. The summed E-state index contributed by atoms with van der Waals surface area (Å²) in [6.07, 6.45) is 8.79. The van der Waals surface area contributed by atoms with Gasteiger partial charge in [0.2, 0.25) is 5.91 Å². The van der Waals surface area contributed by atoms with Crippen molar-refractivity contribution in [2.45, 2.75) is 31.2 Å². The van der Waals surface area contributed by atoms with Crippen molar-refractivity contribution in [1.29, 1.82) is 0 Å². The molecule has 0 spiro atoms. The molecule has 0 unspecified atom stereocenters. The first-order chi connectivity index (χ1) is 9.10. The van der Waals surface area contributed by atoms with E-state index in [9.17, 15) is 9.59 Å². The minimum Gasteiger partial charge on any atom is -0.481 e. The molecule has 19 heavy (non-hydrogen) atoms. The van der Waals surface area contributed by atoms with Crippen LogP contribution in [0.3, 0.4) is 0 Å². The van der Waals surface area contributed by atoms with Crippen molar-refractivity contribution in [3.05, 3.63) is 36.2 Å². The highest BCUT2D eigenvalue weighted by molar-refractivity contribution is 5.92. The van der Waals surface area contributed by atoms with E-state index in [1.54, 1.807) is 24.5 Å². The Morgan fingerprint density at radius 3 is 2.79 bits per heavy atom. The normalized spacial score (nSPS) is 16.8. The Kier molecular flexibility index (Phi) is 3.94. The zero-order chi connectivity index (χ0) is 13.7. The van der Waals surface area contributed by atoms with Gasteiger partial charge in [0.05, 0.1) is 12.0 Å². The van der Waals surface area contributed by atoms with Gasteiger partial charge in [0.1, 0.15) is 0 Å². The van der Waals surface area contributed by atoms with Crippen molar-refractivity contribution in [3.8, 4) is 0 Å². The number of hydrogen-bond donors (Lipinski definition) is 2. The van der Waals surface area contributed by atoms with Gasteiger partial charge in [-0.05, 0) is 37.0 Å². The van der Waals surface area contributed by atoms with Crippen LogP contribution in [0.15, 0.2) is 30.6 Å². The van der Waals surface area contributed by atoms with Gasteiger partial charge < -0.3 is 10.4 Å². The second kappa shape index (κ2) is 5.65. The smallest absolute Gasteiger partial charge is 0.305 e. The predicted octanol–water partition coefficient (Wildman–Crippen LogP) is 1.61. The monoisotopic (exact) mass is 260 g/mol. The summed E-state index contributed by atoms with van der Waals surface area (Å²) in [6, 6.07) is 3.63. The lowest BCUT2D eigenvalue weighted by molar-refractivity contribution is -0.140. The highest BCUT2D eigenvalue weighted by Crippen LogP contribution is 2.34. The fraction of sp³-hybridized carbons (Fsp3) is 0.357. The minimum atomic E-state index is -0.878. The molecule has 1 aliphatic carbocycles. The first-order valence-electron chi connectivity index (χ1n) is 6.22. The zero-order valence-corrected chi connectivity index (χ0v) is 10.5. The molecule has 0 bridgehead atoms. The number of pyridine rings is 1. The Balaban J connectivity index is 1.93. The van der Waals surface area contributed by atoms with Crippen LogP contribution >= 0.6 is 0 Å². The molecular formula is C14H16N2O3. The largest absolute Gasteiger partial charge is 0.481 e. The summed E-state index contributed by atoms with van der Waals surface area (Å²) in [5.41, 5.74) is 0.279. The number of aliphatic carboxylic acids is 1. The van der Waals surface area contributed by atoms with Crippen molar-refractivity contribution in [3.63, 3.8) is 0 Å². The second-order valence-corrected chi connectivity index (χ2v) is 4.81. The highest BCUT2D eigenvalue weighted by atomic mass is 16.4. The van der Waals surface area contributed by atoms with Crippen LogP contribution in [0.25, 0.3) is 6.08 Å². The maximum Gasteiger partial charge on any atom is 0.305 e. The topological polar surface area (TPSA) is 79.3 Å². The van der Waals surface area contributed by atoms with E-state index in [1.807, 2.05) is 6.07 Å². The minimum absolute atomic E-state index is 0.0144. The maximum absolute atomic E-state index is 11.8. The quantitative estimate of drug-likeness (QED) is 0.788. The predicted molar refractivity (Wildman–Crippen MR) is 70.2 cm³/mol. The number of carboxylic acid groups (broad SMARTS) is 1. The molecule has 1 heterocycles. The molecule has 0 radical (unpaired) electrons. The summed E-state index contributed by atoms with van der Waals surface area (Å²) < 4.78 is 0. The number of carbonyl (C=O) groups is 2. The number of hydrogen-bond acceptors (Lipinski definition) is 3. The number of rotatable bonds is 5. The van der Waals surface area contributed by atoms with Crippen molar-refractivity contribution in [2.24, 2.45) is 0 Å². The van der Waals surface area contributed by atoms with E-state index < -0.39 is 11.5 Å². The summed E-state index contributed by atoms with van der Waals surface area (Å²) >= 11 is 0. The number of nitrogens with zero attached hydrogens (tertiary/aromatic N) is 1. The molecule has 1 amide bonds. The average molecular weight is 260 g/mol. The number of carbonyl (C=O) groups excluding carboxylic acids is 1. The van der Waals surface area contributed by atoms with Gasteiger partial charge in [-0.3, -0.25) is 14.6 Å². The van der Waals surface area contributed by atoms with Gasteiger partial charge in [-0.15, -0.1) is 0 Å². The van der Waals surface area contributed by atoms with Crippen LogP contribution in [0.4, 0.5) is 0 Å². The van der Waals surface area contributed by atoms with Gasteiger partial charge in [0.15, 0.2) is 0 Å². The van der Waals surface area contributed by atoms with E-state index in [0.29, 0.717) is 0 Å². The Hall–Kier alpha value is -2.17. The van der Waals surface area contributed by atoms with Gasteiger partial charge in [-0.1, -0.05) is 6.07 Å². The van der Waals surface area contributed by atoms with Crippen LogP contribution in [0.1, 0.15) is 31.2 Å². The van der Waals surface area contributed by atoms with E-state index in [4.69, 9.17) is 5.11 Å². The molecule has 2 N–H and O–H groups in total. The third kappa shape index (κ3) is 3.64. The maximum atomic E-state index is 11.8. The average Bonchev–Trinajstić information content (AvgIpc) is 2.34. The van der Waals surface area contributed by atoms with Crippen molar-refractivity contribution >= 4 is 18.0 Å². The Labute approximate surface area is 111 Å². The lowest BCUT2D eigenvalue weighted by atomic mass is 9.74. The van der Waals surface area contributed by atoms with Gasteiger partial charge in [-0.25, -0.2) is 0 Å². The van der Waals surface area contributed by atoms with Crippen molar-refractivity contribution < 1.29 is 14.7 Å². The first kappa shape index (κ1) is 13.3. The molecular weight excluding hydrogens is 244 g/mol. The third-order valence-electron chi connectivity index (χ3n) is 3.30. The van der Waals surface area contributed by atoms with Crippen LogP contribution in [-0.4, -0.2) is 27.5 Å². The third-order valence-corrected chi connectivity index (χ3v) is 3.30. The van der Waals surface area contributed by atoms with E-state index in [0.717, 1.165) is 24.8 Å². The van der Waals surface area contributed by atoms with Crippen LogP contribution in [0.2, 0.25) is 0 Å². The SMILES string of the molecule is O=C(O)CC1(NC(=O)C=Cc2cccnc2)CCC1. The standard InChI is InChI=1S/C14H16N2O3/c17-12(5-4-11-3-1-8-15-10-11)16-14(6-2-7-14)9-13(18)19/h1,3-5,8,10H,2,6-7,9H2,(H,16,17)(H,18,19). The van der Waals surface area contributed by atoms with Crippen LogP contribution in [0, 0.1) is 0 Å². The second-order valence-electron chi connectivity index (χ2n) is 4.81. The van der Waals surface area contributed by atoms with Gasteiger partial charge in [0, 0.05) is 18.5 Å². The molecule has 5 heteroatoms. The van der Waals surface area contributed by atoms with Crippen molar-refractivity contribution in [1.82, 2.24) is 10.3 Å². The van der Waals surface area contributed by atoms with Crippen LogP contribution < -0.4 is 5.32 Å². The number of aromatic nitrogens is 1. The highest BCUT2D eigenvalue weighted by Gasteiger charge is 2.39. The molecule has 1 aliphatic rings. The zero-order valence-electron chi connectivity index (χ0n) is 10.5. The van der Waals surface area contributed by atoms with E-state index in [-0.39, 0.29) is 12.3 Å². The molecule has 5 nitrogen and oxygen atoms in total. The molecule has 0 aliphatic heterocycles. The summed E-state index contributed by atoms with van der Waals surface area (Å²) in [5, 5.41) is 11.7. The molecule has 2 rings (SSSR count). The fourth-order valence-electron chi connectivity index (χ4n) is 2.19. The summed E-state index contributed by atoms with van der Waals surface area (Å²) in [5.74, 6) is -1.14. The summed E-state index contributed by atoms with van der Waals surface area (Å²) in [4.78, 5) is 26.5. The summed E-state index contributed by atoms with van der Waals surface area (Å²) in [6.45, 7) is 0. The van der Waals surface area contributed by atoms with Gasteiger partial charge in [0.25, 0.3) is 0 Å². The Morgan fingerprint density at radius 2 is 2.26 bits per heavy atom. The molecule has 1 saturated carbocycles. The Bertz CT molecular complexity index is 493. The Morgan fingerprint density at radius 1 is 1.47 bits per heavy atom. The lowest BCUT2D eigenvalue weighted by Crippen LogP contribution is -2.54. The number of amides is 1. The van der Waals surface area contributed by atoms with E-state index >= 15 is 0 Å². The molecule has 1 aromatic rings. The van der Waals surface area contributed by atoms with Crippen LogP contribution in [-0.2, 0) is 9.59 Å². The molecule has 1 aromatic heterocycles. The molecule has 0 saturated heterocycles. The van der Waals surface area contributed by atoms with Crippen molar-refractivity contribution in [2.75, 3.05) is 0 Å². The fourth-order valence-corrected chi connectivity index (χ4v) is 2.19. The van der Waals surface area contributed by atoms with Gasteiger partial charge >= 0.3 is 5.97 Å². The first-order valence-corrected chi connectivity index (χ1v) is 6.22. The number of carboxylic acids is 1. The van der Waals surface area contributed by atoms with Crippen LogP contribution in [0.5, 0.6) is 0 Å². The molecule has 0 atom stereocenters. The van der Waals surface area contributed by atoms with E-state index in [1.165, 1.54) is 6.08 Å². The van der Waals surface area contributed by atoms with Gasteiger partial charge in [-0.2, -0.15) is 0 Å². The molecule has 100 valence electrons. The number of nitrogens with one attached hydrogen (secondary N) is 1. The molecule has 1 fully saturated rings. The summed E-state index contributed by atoms with van der Waals surface area (Å²) in [7, 11) is 0. The van der Waals surface area contributed by atoms with E-state index in [2.05, 4.69) is 10.3 Å².